The summed E-state index contributed by atoms with van der Waals surface area (Å²) in [4.78, 5) is 26.1. The Labute approximate surface area is 218 Å². The Morgan fingerprint density at radius 2 is 1.97 bits per heavy atom. The average molecular weight is 513 g/mol. The van der Waals surface area contributed by atoms with Crippen LogP contribution in [0, 0.1) is 0 Å². The molecule has 188 valence electrons. The number of fused-ring (bicyclic) bond motifs is 3. The fraction of sp³-hybridized carbons (Fsp3) is 0.276. The van der Waals surface area contributed by atoms with Crippen molar-refractivity contribution in [3.05, 3.63) is 82.4 Å². The quantitative estimate of drug-likeness (QED) is 0.300. The molecule has 0 aliphatic heterocycles. The van der Waals surface area contributed by atoms with Crippen molar-refractivity contribution in [3.63, 3.8) is 0 Å². The number of phenols is 1. The van der Waals surface area contributed by atoms with Gasteiger partial charge in [0, 0.05) is 43.0 Å². The van der Waals surface area contributed by atoms with Gasteiger partial charge in [0.25, 0.3) is 5.56 Å². The summed E-state index contributed by atoms with van der Waals surface area (Å²) >= 11 is 1.37. The summed E-state index contributed by atoms with van der Waals surface area (Å²) in [5.74, 6) is 2.11. The molecule has 1 fully saturated rings. The van der Waals surface area contributed by atoms with Crippen molar-refractivity contribution in [2.45, 2.75) is 31.8 Å². The third kappa shape index (κ3) is 4.47. The van der Waals surface area contributed by atoms with Crippen LogP contribution in [0.1, 0.15) is 29.9 Å². The number of rotatable bonds is 8. The lowest BCUT2D eigenvalue weighted by atomic mass is 10.0. The van der Waals surface area contributed by atoms with Crippen LogP contribution in [0.5, 0.6) is 11.5 Å². The molecule has 1 aliphatic rings. The summed E-state index contributed by atoms with van der Waals surface area (Å²) in [7, 11) is 3.73. The van der Waals surface area contributed by atoms with Crippen LogP contribution >= 0.6 is 11.3 Å². The van der Waals surface area contributed by atoms with Crippen molar-refractivity contribution >= 4 is 31.6 Å². The van der Waals surface area contributed by atoms with Gasteiger partial charge in [0.1, 0.15) is 22.2 Å². The highest BCUT2D eigenvalue weighted by Gasteiger charge is 2.29. The minimum atomic E-state index is -0.0771. The predicted octanol–water partition coefficient (Wildman–Crippen LogP) is 5.40. The van der Waals surface area contributed by atoms with Gasteiger partial charge >= 0.3 is 0 Å². The zero-order valence-corrected chi connectivity index (χ0v) is 21.7. The number of hydrogen-bond donors (Lipinski definition) is 1. The highest BCUT2D eigenvalue weighted by Crippen LogP contribution is 2.46. The molecular formula is C29H28N4O3S. The van der Waals surface area contributed by atoms with E-state index in [0.29, 0.717) is 39.7 Å². The number of phenolic OH excluding ortho intramolecular Hbond substituents is 1. The molecule has 2 aromatic carbocycles. The number of aromatic hydroxyl groups is 1. The van der Waals surface area contributed by atoms with E-state index in [1.807, 2.05) is 34.9 Å². The van der Waals surface area contributed by atoms with Gasteiger partial charge in [-0.25, -0.2) is 4.98 Å². The second-order valence-corrected chi connectivity index (χ2v) is 10.6. The highest BCUT2D eigenvalue weighted by atomic mass is 32.1. The van der Waals surface area contributed by atoms with E-state index in [4.69, 9.17) is 9.72 Å². The predicted molar refractivity (Wildman–Crippen MR) is 148 cm³/mol. The topological polar surface area (TPSA) is 80.5 Å². The minimum absolute atomic E-state index is 0.0771. The average Bonchev–Trinajstić information content (AvgIpc) is 3.69. The van der Waals surface area contributed by atoms with E-state index in [1.54, 1.807) is 31.6 Å². The van der Waals surface area contributed by atoms with Crippen molar-refractivity contribution < 1.29 is 9.84 Å². The van der Waals surface area contributed by atoms with Crippen LogP contribution in [0.3, 0.4) is 0 Å². The number of ether oxygens (including phenoxy) is 1. The summed E-state index contributed by atoms with van der Waals surface area (Å²) in [5, 5.41) is 11.8. The molecule has 0 atom stereocenters. The van der Waals surface area contributed by atoms with Gasteiger partial charge in [0.05, 0.1) is 17.2 Å². The van der Waals surface area contributed by atoms with E-state index < -0.39 is 0 Å². The molecule has 1 saturated carbocycles. The molecule has 37 heavy (non-hydrogen) atoms. The van der Waals surface area contributed by atoms with Gasteiger partial charge in [-0.1, -0.05) is 12.1 Å². The van der Waals surface area contributed by atoms with E-state index in [-0.39, 0.29) is 11.3 Å². The smallest absolute Gasteiger partial charge is 0.263 e. The number of benzene rings is 2. The van der Waals surface area contributed by atoms with E-state index in [1.165, 1.54) is 22.5 Å². The van der Waals surface area contributed by atoms with Crippen molar-refractivity contribution in [2.75, 3.05) is 20.7 Å². The fourth-order valence-corrected chi connectivity index (χ4v) is 6.01. The first kappa shape index (κ1) is 23.6. The Morgan fingerprint density at radius 3 is 2.73 bits per heavy atom. The highest BCUT2D eigenvalue weighted by molar-refractivity contribution is 7.25. The molecular weight excluding hydrogens is 484 g/mol. The monoisotopic (exact) mass is 512 g/mol. The Bertz CT molecular complexity index is 1660. The molecule has 0 radical (unpaired) electrons. The van der Waals surface area contributed by atoms with Crippen LogP contribution in [-0.2, 0) is 13.1 Å². The van der Waals surface area contributed by atoms with E-state index in [2.05, 4.69) is 23.0 Å². The molecule has 7 nitrogen and oxygen atoms in total. The summed E-state index contributed by atoms with van der Waals surface area (Å²) in [6, 6.07) is 15.4. The molecule has 6 rings (SSSR count). The lowest BCUT2D eigenvalue weighted by molar-refractivity contribution is 0.310. The maximum atomic E-state index is 14.1. The normalized spacial score (nSPS) is 13.6. The largest absolute Gasteiger partial charge is 0.506 e. The zero-order valence-electron chi connectivity index (χ0n) is 20.8. The summed E-state index contributed by atoms with van der Waals surface area (Å²) in [6.07, 6.45) is 5.84. The SMILES string of the molecule is COc1ccc(-c2nc3sc4c(O)cccc4c3c(=O)n2CCN(C)Cc2ccncc2)c(C2CC2)c1. The Kier molecular flexibility index (Phi) is 6.14. The Hall–Kier alpha value is -3.75. The van der Waals surface area contributed by atoms with Crippen molar-refractivity contribution in [2.24, 2.45) is 0 Å². The first-order chi connectivity index (χ1) is 18.0. The lowest BCUT2D eigenvalue weighted by Crippen LogP contribution is -2.30. The number of nitrogens with zero attached hydrogens (tertiary/aromatic N) is 4. The van der Waals surface area contributed by atoms with Crippen LogP contribution in [0.25, 0.3) is 31.7 Å². The van der Waals surface area contributed by atoms with Gasteiger partial charge in [-0.3, -0.25) is 14.3 Å². The van der Waals surface area contributed by atoms with Crippen LogP contribution in [0.4, 0.5) is 0 Å². The van der Waals surface area contributed by atoms with Gasteiger partial charge < -0.3 is 14.7 Å². The summed E-state index contributed by atoms with van der Waals surface area (Å²) in [6.45, 7) is 1.92. The van der Waals surface area contributed by atoms with Gasteiger partial charge in [-0.15, -0.1) is 11.3 Å². The molecule has 1 aliphatic carbocycles. The van der Waals surface area contributed by atoms with Crippen LogP contribution in [-0.4, -0.2) is 45.2 Å². The number of likely N-dealkylation sites (N-methyl/N-ethyl adjacent to an activating group) is 1. The van der Waals surface area contributed by atoms with Gasteiger partial charge in [0.2, 0.25) is 0 Å². The van der Waals surface area contributed by atoms with Gasteiger partial charge in [-0.2, -0.15) is 0 Å². The number of pyridine rings is 1. The van der Waals surface area contributed by atoms with Gasteiger partial charge in [0.15, 0.2) is 0 Å². The zero-order chi connectivity index (χ0) is 25.5. The van der Waals surface area contributed by atoms with Crippen molar-refractivity contribution in [1.82, 2.24) is 19.4 Å². The molecule has 8 heteroatoms. The molecule has 3 heterocycles. The first-order valence-corrected chi connectivity index (χ1v) is 13.3. The molecule has 3 aromatic heterocycles. The number of aromatic nitrogens is 3. The number of methoxy groups -OCH3 is 1. The lowest BCUT2D eigenvalue weighted by Gasteiger charge is -2.20. The molecule has 5 aromatic rings. The minimum Gasteiger partial charge on any atom is -0.506 e. The summed E-state index contributed by atoms with van der Waals surface area (Å²) < 4.78 is 8.02. The van der Waals surface area contributed by atoms with Crippen LogP contribution in [0.2, 0.25) is 0 Å². The standard InChI is InChI=1S/C29H28N4O3S/c1-32(17-18-10-12-30-13-11-18)14-15-33-27(21-9-8-20(36-2)16-23(21)19-6-7-19)31-28-25(29(33)35)22-4-3-5-24(34)26(22)37-28/h3-5,8-13,16,19,34H,6-7,14-15,17H2,1-2H3. The van der Waals surface area contributed by atoms with Crippen molar-refractivity contribution in [3.8, 4) is 22.9 Å². The number of thiophene rings is 1. The third-order valence-corrected chi connectivity index (χ3v) is 8.14. The molecule has 0 bridgehead atoms. The second kappa shape index (κ2) is 9.61. The molecule has 1 N–H and O–H groups in total. The molecule has 0 saturated heterocycles. The van der Waals surface area contributed by atoms with Crippen LogP contribution < -0.4 is 10.3 Å². The second-order valence-electron chi connectivity index (χ2n) is 9.65. The van der Waals surface area contributed by atoms with Gasteiger partial charge in [-0.05, 0) is 73.3 Å². The number of hydrogen-bond acceptors (Lipinski definition) is 7. The Morgan fingerprint density at radius 1 is 1.16 bits per heavy atom. The Balaban J connectivity index is 1.49. The third-order valence-electron chi connectivity index (χ3n) is 7.02. The maximum Gasteiger partial charge on any atom is 0.263 e. The van der Waals surface area contributed by atoms with Crippen molar-refractivity contribution in [1.29, 1.82) is 0 Å². The molecule has 0 amide bonds. The van der Waals surface area contributed by atoms with E-state index in [9.17, 15) is 9.90 Å². The summed E-state index contributed by atoms with van der Waals surface area (Å²) in [5.41, 5.74) is 3.24. The molecule has 0 unspecified atom stereocenters. The van der Waals surface area contributed by atoms with E-state index in [0.717, 1.165) is 36.1 Å². The maximum absolute atomic E-state index is 14.1. The van der Waals surface area contributed by atoms with Crippen LogP contribution in [0.15, 0.2) is 65.7 Å². The molecule has 0 spiro atoms. The fourth-order valence-electron chi connectivity index (χ4n) is 4.93. The van der Waals surface area contributed by atoms with E-state index >= 15 is 0 Å². The first-order valence-electron chi connectivity index (χ1n) is 12.4.